The maximum absolute atomic E-state index is 11.4. The van der Waals surface area contributed by atoms with Gasteiger partial charge in [0.05, 0.1) is 11.2 Å². The molecular formula is C21H22N2O2. The number of nitrogens with zero attached hydrogens (tertiary/aromatic N) is 1. The van der Waals surface area contributed by atoms with Gasteiger partial charge in [0.25, 0.3) is 0 Å². The molecule has 1 amide bonds. The van der Waals surface area contributed by atoms with E-state index in [-0.39, 0.29) is 11.7 Å². The highest BCUT2D eigenvalue weighted by molar-refractivity contribution is 5.86. The van der Waals surface area contributed by atoms with Crippen LogP contribution in [-0.4, -0.2) is 23.0 Å². The number of aromatic hydroxyl groups is 1. The highest BCUT2D eigenvalue weighted by Crippen LogP contribution is 2.31. The average Bonchev–Trinajstić information content (AvgIpc) is 2.59. The Bertz CT molecular complexity index is 948. The number of pyridine rings is 1. The molecule has 0 radical (unpaired) electrons. The van der Waals surface area contributed by atoms with Crippen molar-refractivity contribution in [3.63, 3.8) is 0 Å². The molecule has 0 fully saturated rings. The number of carbonyl (C=O) groups is 1. The monoisotopic (exact) mass is 334 g/mol. The number of fused-ring (bicyclic) bond motifs is 1. The molecule has 0 aliphatic carbocycles. The Labute approximate surface area is 147 Å². The Hall–Kier alpha value is -2.88. The summed E-state index contributed by atoms with van der Waals surface area (Å²) >= 11 is 0. The molecule has 25 heavy (non-hydrogen) atoms. The molecule has 3 aromatic rings. The van der Waals surface area contributed by atoms with Crippen molar-refractivity contribution < 1.29 is 9.90 Å². The summed E-state index contributed by atoms with van der Waals surface area (Å²) in [7, 11) is 1.65. The van der Waals surface area contributed by atoms with Crippen molar-refractivity contribution in [2.24, 2.45) is 0 Å². The largest absolute Gasteiger partial charge is 0.507 e. The zero-order valence-corrected chi connectivity index (χ0v) is 14.8. The van der Waals surface area contributed by atoms with Crippen LogP contribution in [0.1, 0.15) is 23.1 Å². The number of nitrogens with one attached hydrogen (secondary N) is 1. The molecule has 4 heteroatoms. The van der Waals surface area contributed by atoms with E-state index < -0.39 is 0 Å². The lowest BCUT2D eigenvalue weighted by atomic mass is 10.0. The molecule has 4 nitrogen and oxygen atoms in total. The van der Waals surface area contributed by atoms with Gasteiger partial charge in [-0.3, -0.25) is 4.79 Å². The molecule has 2 N–H and O–H groups in total. The van der Waals surface area contributed by atoms with Crippen LogP contribution in [0.4, 0.5) is 0 Å². The van der Waals surface area contributed by atoms with Crippen molar-refractivity contribution in [2.75, 3.05) is 7.05 Å². The molecule has 0 saturated heterocycles. The van der Waals surface area contributed by atoms with E-state index in [0.717, 1.165) is 38.9 Å². The normalized spacial score (nSPS) is 10.8. The van der Waals surface area contributed by atoms with Crippen LogP contribution in [-0.2, 0) is 11.2 Å². The molecule has 128 valence electrons. The van der Waals surface area contributed by atoms with Gasteiger partial charge in [-0.25, -0.2) is 4.98 Å². The second-order valence-electron chi connectivity index (χ2n) is 6.37. The molecule has 0 spiro atoms. The van der Waals surface area contributed by atoms with E-state index in [0.29, 0.717) is 12.8 Å². The minimum atomic E-state index is 0.0418. The summed E-state index contributed by atoms with van der Waals surface area (Å²) in [4.78, 5) is 16.1. The van der Waals surface area contributed by atoms with Gasteiger partial charge in [-0.1, -0.05) is 12.1 Å². The van der Waals surface area contributed by atoms with E-state index in [1.54, 1.807) is 13.1 Å². The first-order chi connectivity index (χ1) is 12.0. The summed E-state index contributed by atoms with van der Waals surface area (Å²) in [5.74, 6) is 0.286. The van der Waals surface area contributed by atoms with Gasteiger partial charge in [-0.15, -0.1) is 0 Å². The Balaban J connectivity index is 1.98. The number of aryl methyl sites for hydroxylation is 3. The van der Waals surface area contributed by atoms with Gasteiger partial charge >= 0.3 is 0 Å². The summed E-state index contributed by atoms with van der Waals surface area (Å²) in [5, 5.41) is 13.9. The van der Waals surface area contributed by atoms with Crippen molar-refractivity contribution >= 4 is 16.8 Å². The van der Waals surface area contributed by atoms with Crippen LogP contribution in [0.3, 0.4) is 0 Å². The van der Waals surface area contributed by atoms with E-state index >= 15 is 0 Å². The van der Waals surface area contributed by atoms with Gasteiger partial charge in [0.1, 0.15) is 5.75 Å². The molecule has 0 saturated carbocycles. The smallest absolute Gasteiger partial charge is 0.220 e. The number of carbonyl (C=O) groups excluding carboxylic acids is 1. The topological polar surface area (TPSA) is 62.2 Å². The highest BCUT2D eigenvalue weighted by Gasteiger charge is 2.10. The maximum Gasteiger partial charge on any atom is 0.220 e. The van der Waals surface area contributed by atoms with Crippen molar-refractivity contribution in [3.8, 4) is 17.0 Å². The third-order valence-corrected chi connectivity index (χ3v) is 4.43. The lowest BCUT2D eigenvalue weighted by Gasteiger charge is -2.10. The average molecular weight is 334 g/mol. The lowest BCUT2D eigenvalue weighted by Crippen LogP contribution is -2.17. The second-order valence-corrected chi connectivity index (χ2v) is 6.37. The highest BCUT2D eigenvalue weighted by atomic mass is 16.3. The van der Waals surface area contributed by atoms with E-state index in [2.05, 4.69) is 11.4 Å². The summed E-state index contributed by atoms with van der Waals surface area (Å²) in [6.45, 7) is 3.99. The molecule has 0 bridgehead atoms. The Morgan fingerprint density at radius 1 is 1.12 bits per heavy atom. The molecule has 0 aliphatic heterocycles. The first-order valence-corrected chi connectivity index (χ1v) is 8.39. The fourth-order valence-electron chi connectivity index (χ4n) is 2.98. The van der Waals surface area contributed by atoms with Crippen LogP contribution in [0.2, 0.25) is 0 Å². The summed E-state index contributed by atoms with van der Waals surface area (Å²) in [5.41, 5.74) is 5.62. The van der Waals surface area contributed by atoms with Crippen LogP contribution < -0.4 is 5.32 Å². The predicted molar refractivity (Wildman–Crippen MR) is 101 cm³/mol. The minimum Gasteiger partial charge on any atom is -0.507 e. The Kier molecular flexibility index (Phi) is 4.70. The number of phenolic OH excluding ortho intramolecular Hbond substituents is 1. The summed E-state index contributed by atoms with van der Waals surface area (Å²) < 4.78 is 0. The standard InChI is InChI=1S/C21H22N2O2/c1-13-4-7-16(20(24)10-13)19-11-14(2)17-12-15(5-8-18(17)23-19)6-9-21(25)22-3/h4-5,7-8,10-12,24H,6,9H2,1-3H3,(H,22,25). The molecule has 1 heterocycles. The number of rotatable bonds is 4. The van der Waals surface area contributed by atoms with Crippen LogP contribution in [0.15, 0.2) is 42.5 Å². The van der Waals surface area contributed by atoms with E-state index in [1.165, 1.54) is 0 Å². The number of phenols is 1. The van der Waals surface area contributed by atoms with Crippen LogP contribution >= 0.6 is 0 Å². The van der Waals surface area contributed by atoms with Gasteiger partial charge < -0.3 is 10.4 Å². The zero-order valence-electron chi connectivity index (χ0n) is 14.8. The van der Waals surface area contributed by atoms with Crippen LogP contribution in [0, 0.1) is 13.8 Å². The summed E-state index contributed by atoms with van der Waals surface area (Å²) in [6, 6.07) is 13.7. The molecule has 1 aromatic heterocycles. The third kappa shape index (κ3) is 3.63. The quantitative estimate of drug-likeness (QED) is 0.760. The van der Waals surface area contributed by atoms with Crippen molar-refractivity contribution in [1.29, 1.82) is 0 Å². The third-order valence-electron chi connectivity index (χ3n) is 4.43. The van der Waals surface area contributed by atoms with Crippen molar-refractivity contribution in [1.82, 2.24) is 10.3 Å². The van der Waals surface area contributed by atoms with Crippen molar-refractivity contribution in [2.45, 2.75) is 26.7 Å². The first kappa shape index (κ1) is 17.0. The molecule has 0 unspecified atom stereocenters. The van der Waals surface area contributed by atoms with Crippen molar-refractivity contribution in [3.05, 3.63) is 59.2 Å². The predicted octanol–water partition coefficient (Wildman–Crippen LogP) is 3.90. The minimum absolute atomic E-state index is 0.0418. The zero-order chi connectivity index (χ0) is 18.0. The molecule has 0 atom stereocenters. The molecule has 2 aromatic carbocycles. The van der Waals surface area contributed by atoms with Gasteiger partial charge in [0.2, 0.25) is 5.91 Å². The SMILES string of the molecule is CNC(=O)CCc1ccc2nc(-c3ccc(C)cc3O)cc(C)c2c1. The van der Waals surface area contributed by atoms with Crippen LogP contribution in [0.5, 0.6) is 5.75 Å². The van der Waals surface area contributed by atoms with E-state index in [4.69, 9.17) is 4.98 Å². The first-order valence-electron chi connectivity index (χ1n) is 8.39. The Morgan fingerprint density at radius 3 is 2.64 bits per heavy atom. The molecule has 3 rings (SSSR count). The van der Waals surface area contributed by atoms with E-state index in [1.807, 2.05) is 44.2 Å². The number of hydrogen-bond acceptors (Lipinski definition) is 3. The van der Waals surface area contributed by atoms with Gasteiger partial charge in [-0.2, -0.15) is 0 Å². The number of aromatic nitrogens is 1. The summed E-state index contributed by atoms with van der Waals surface area (Å²) in [6.07, 6.45) is 1.18. The maximum atomic E-state index is 11.4. The lowest BCUT2D eigenvalue weighted by molar-refractivity contribution is -0.120. The van der Waals surface area contributed by atoms with E-state index in [9.17, 15) is 9.90 Å². The molecule has 0 aliphatic rings. The fourth-order valence-corrected chi connectivity index (χ4v) is 2.98. The number of benzene rings is 2. The van der Waals surface area contributed by atoms with Gasteiger partial charge in [0, 0.05) is 24.4 Å². The second kappa shape index (κ2) is 6.93. The van der Waals surface area contributed by atoms with Gasteiger partial charge in [-0.05, 0) is 67.3 Å². The van der Waals surface area contributed by atoms with Gasteiger partial charge in [0.15, 0.2) is 0 Å². The van der Waals surface area contributed by atoms with Crippen LogP contribution in [0.25, 0.3) is 22.2 Å². The fraction of sp³-hybridized carbons (Fsp3) is 0.238. The number of hydrogen-bond donors (Lipinski definition) is 2. The molecular weight excluding hydrogens is 312 g/mol. The number of amides is 1. The Morgan fingerprint density at radius 2 is 1.92 bits per heavy atom.